The molecule has 3 aromatic rings. The summed E-state index contributed by atoms with van der Waals surface area (Å²) in [5.74, 6) is 0.0433. The summed E-state index contributed by atoms with van der Waals surface area (Å²) in [7, 11) is 1.58. The third-order valence-corrected chi connectivity index (χ3v) is 5.39. The van der Waals surface area contributed by atoms with Crippen LogP contribution in [0.4, 0.5) is 0 Å². The van der Waals surface area contributed by atoms with E-state index in [1.165, 1.54) is 0 Å². The Kier molecular flexibility index (Phi) is 8.84. The molecular weight excluding hydrogens is 444 g/mol. The highest BCUT2D eigenvalue weighted by molar-refractivity contribution is 5.90. The first kappa shape index (κ1) is 26.2. The van der Waals surface area contributed by atoms with Gasteiger partial charge in [-0.05, 0) is 50.6 Å². The highest BCUT2D eigenvalue weighted by atomic mass is 16.6. The van der Waals surface area contributed by atoms with E-state index in [9.17, 15) is 9.59 Å². The van der Waals surface area contributed by atoms with Crippen molar-refractivity contribution in [1.82, 2.24) is 5.32 Å². The number of benzene rings is 3. The molecule has 0 radical (unpaired) electrons. The highest BCUT2D eigenvalue weighted by Crippen LogP contribution is 2.31. The zero-order valence-corrected chi connectivity index (χ0v) is 20.7. The molecule has 7 heteroatoms. The van der Waals surface area contributed by atoms with E-state index in [1.807, 2.05) is 54.6 Å². The van der Waals surface area contributed by atoms with Crippen molar-refractivity contribution in [2.75, 3.05) is 7.11 Å². The van der Waals surface area contributed by atoms with Crippen LogP contribution >= 0.6 is 0 Å². The maximum Gasteiger partial charge on any atom is 0.328 e. The summed E-state index contributed by atoms with van der Waals surface area (Å²) in [6.07, 6.45) is 0.564. The Labute approximate surface area is 206 Å². The second-order valence-corrected chi connectivity index (χ2v) is 9.40. The smallest absolute Gasteiger partial charge is 0.328 e. The summed E-state index contributed by atoms with van der Waals surface area (Å²) >= 11 is 0. The molecule has 0 bridgehead atoms. The van der Waals surface area contributed by atoms with Crippen molar-refractivity contribution < 1.29 is 23.8 Å². The number of esters is 2. The van der Waals surface area contributed by atoms with E-state index in [2.05, 4.69) is 5.32 Å². The summed E-state index contributed by atoms with van der Waals surface area (Å²) in [5, 5.41) is 5.08. The summed E-state index contributed by atoms with van der Waals surface area (Å²) in [4.78, 5) is 25.5. The molecule has 0 aromatic heterocycles. The standard InChI is InChI=1S/C28H34N2O5/c1-28(2,3)35-26(31)23(29)14-15-24(30-18-19-10-6-5-7-11-19)27(32)34-21-16-20-12-8-9-13-22(20)25(17-21)33-4/h5-13,16-17,23-24,30H,14-15,18,29H2,1-4H3/t23?,24-/m0/s1. The lowest BCUT2D eigenvalue weighted by atomic mass is 10.1. The molecular formula is C28H34N2O5. The van der Waals surface area contributed by atoms with Gasteiger partial charge in [-0.25, -0.2) is 4.79 Å². The zero-order valence-electron chi connectivity index (χ0n) is 20.7. The average Bonchev–Trinajstić information content (AvgIpc) is 2.82. The summed E-state index contributed by atoms with van der Waals surface area (Å²) in [6, 6.07) is 19.4. The van der Waals surface area contributed by atoms with Crippen LogP contribution in [0.2, 0.25) is 0 Å². The lowest BCUT2D eigenvalue weighted by Gasteiger charge is -2.23. The molecule has 0 saturated heterocycles. The van der Waals surface area contributed by atoms with E-state index < -0.39 is 29.6 Å². The van der Waals surface area contributed by atoms with Gasteiger partial charge in [0.2, 0.25) is 0 Å². The molecule has 1 unspecified atom stereocenters. The Morgan fingerprint density at radius 1 is 0.943 bits per heavy atom. The second kappa shape index (κ2) is 11.8. The van der Waals surface area contributed by atoms with Gasteiger partial charge in [0.15, 0.2) is 0 Å². The van der Waals surface area contributed by atoms with E-state index >= 15 is 0 Å². The Hall–Kier alpha value is -3.42. The number of carbonyl (C=O) groups excluding carboxylic acids is 2. The van der Waals surface area contributed by atoms with Crippen molar-refractivity contribution in [1.29, 1.82) is 0 Å². The van der Waals surface area contributed by atoms with Crippen LogP contribution in [0.15, 0.2) is 66.7 Å². The minimum atomic E-state index is -0.844. The summed E-state index contributed by atoms with van der Waals surface area (Å²) < 4.78 is 16.6. The topological polar surface area (TPSA) is 99.9 Å². The molecule has 0 amide bonds. The van der Waals surface area contributed by atoms with Crippen molar-refractivity contribution >= 4 is 22.7 Å². The number of carbonyl (C=O) groups is 2. The molecule has 3 rings (SSSR count). The predicted molar refractivity (Wildman–Crippen MR) is 136 cm³/mol. The largest absolute Gasteiger partial charge is 0.496 e. The molecule has 0 spiro atoms. The molecule has 2 atom stereocenters. The number of nitrogens with one attached hydrogen (secondary N) is 1. The first-order chi connectivity index (χ1) is 16.7. The number of nitrogens with two attached hydrogens (primary N) is 1. The van der Waals surface area contributed by atoms with Gasteiger partial charge in [0, 0.05) is 18.0 Å². The lowest BCUT2D eigenvalue weighted by molar-refractivity contribution is -0.157. The van der Waals surface area contributed by atoms with Crippen molar-refractivity contribution in [3.8, 4) is 11.5 Å². The first-order valence-corrected chi connectivity index (χ1v) is 11.7. The highest BCUT2D eigenvalue weighted by Gasteiger charge is 2.26. The van der Waals surface area contributed by atoms with Gasteiger partial charge in [-0.2, -0.15) is 0 Å². The van der Waals surface area contributed by atoms with Gasteiger partial charge in [-0.15, -0.1) is 0 Å². The normalized spacial score (nSPS) is 13.2. The molecule has 0 fully saturated rings. The minimum Gasteiger partial charge on any atom is -0.496 e. The number of methoxy groups -OCH3 is 1. The number of fused-ring (bicyclic) bond motifs is 1. The zero-order chi connectivity index (χ0) is 25.4. The molecule has 3 aromatic carbocycles. The van der Waals surface area contributed by atoms with E-state index in [0.717, 1.165) is 16.3 Å². The van der Waals surface area contributed by atoms with Gasteiger partial charge in [0.25, 0.3) is 0 Å². The summed E-state index contributed by atoms with van der Waals surface area (Å²) in [5.41, 5.74) is 6.45. The number of hydrogen-bond donors (Lipinski definition) is 2. The summed E-state index contributed by atoms with van der Waals surface area (Å²) in [6.45, 7) is 5.83. The third-order valence-electron chi connectivity index (χ3n) is 5.39. The number of hydrogen-bond acceptors (Lipinski definition) is 7. The Morgan fingerprint density at radius 3 is 2.31 bits per heavy atom. The molecule has 3 N–H and O–H groups in total. The van der Waals surface area contributed by atoms with Gasteiger partial charge in [-0.3, -0.25) is 4.79 Å². The lowest BCUT2D eigenvalue weighted by Crippen LogP contribution is -2.42. The van der Waals surface area contributed by atoms with Gasteiger partial charge >= 0.3 is 11.9 Å². The molecule has 7 nitrogen and oxygen atoms in total. The van der Waals surface area contributed by atoms with Crippen LogP contribution in [0.25, 0.3) is 10.8 Å². The van der Waals surface area contributed by atoms with Gasteiger partial charge in [0.1, 0.15) is 29.2 Å². The number of ether oxygens (including phenoxy) is 3. The van der Waals surface area contributed by atoms with Crippen molar-refractivity contribution in [2.24, 2.45) is 5.73 Å². The fourth-order valence-corrected chi connectivity index (χ4v) is 3.65. The second-order valence-electron chi connectivity index (χ2n) is 9.40. The maximum atomic E-state index is 13.2. The monoisotopic (exact) mass is 478 g/mol. The van der Waals surface area contributed by atoms with Crippen LogP contribution in [-0.2, 0) is 20.9 Å². The van der Waals surface area contributed by atoms with E-state index in [4.69, 9.17) is 19.9 Å². The van der Waals surface area contributed by atoms with E-state index in [-0.39, 0.29) is 6.42 Å². The number of rotatable bonds is 10. The molecule has 0 saturated carbocycles. The molecule has 35 heavy (non-hydrogen) atoms. The van der Waals surface area contributed by atoms with Gasteiger partial charge in [-0.1, -0.05) is 54.6 Å². The van der Waals surface area contributed by atoms with Gasteiger partial charge in [0.05, 0.1) is 7.11 Å². The van der Waals surface area contributed by atoms with Crippen LogP contribution in [0, 0.1) is 0 Å². The van der Waals surface area contributed by atoms with Crippen LogP contribution in [0.3, 0.4) is 0 Å². The van der Waals surface area contributed by atoms with E-state index in [1.54, 1.807) is 40.0 Å². The van der Waals surface area contributed by atoms with Crippen molar-refractivity contribution in [2.45, 2.75) is 57.8 Å². The average molecular weight is 479 g/mol. The fourth-order valence-electron chi connectivity index (χ4n) is 3.65. The molecule has 0 aliphatic heterocycles. The van der Waals surface area contributed by atoms with Crippen molar-refractivity contribution in [3.63, 3.8) is 0 Å². The Bertz CT molecular complexity index is 1140. The van der Waals surface area contributed by atoms with Crippen LogP contribution in [0.5, 0.6) is 11.5 Å². The quantitative estimate of drug-likeness (QED) is 0.330. The SMILES string of the molecule is COc1cc(OC(=O)[C@H](CCC(N)C(=O)OC(C)(C)C)NCc2ccccc2)cc2ccccc12. The van der Waals surface area contributed by atoms with Crippen LogP contribution in [0.1, 0.15) is 39.2 Å². The minimum absolute atomic E-state index is 0.261. The Balaban J connectivity index is 1.74. The Morgan fingerprint density at radius 2 is 1.63 bits per heavy atom. The van der Waals surface area contributed by atoms with E-state index in [0.29, 0.717) is 24.5 Å². The van der Waals surface area contributed by atoms with Crippen molar-refractivity contribution in [3.05, 3.63) is 72.3 Å². The molecule has 186 valence electrons. The molecule has 0 aliphatic rings. The molecule has 0 aliphatic carbocycles. The maximum absolute atomic E-state index is 13.2. The third kappa shape index (κ3) is 7.80. The molecule has 0 heterocycles. The fraction of sp³-hybridized carbons (Fsp3) is 0.357. The van der Waals surface area contributed by atoms with Gasteiger partial charge < -0.3 is 25.3 Å². The van der Waals surface area contributed by atoms with Crippen LogP contribution < -0.4 is 20.5 Å². The first-order valence-electron chi connectivity index (χ1n) is 11.7. The predicted octanol–water partition coefficient (Wildman–Crippen LogP) is 4.36. The van der Waals surface area contributed by atoms with Crippen LogP contribution in [-0.4, -0.2) is 36.7 Å².